The zero-order valence-corrected chi connectivity index (χ0v) is 19.0. The molecule has 3 aromatic carbocycles. The maximum absolute atomic E-state index is 2.34. The van der Waals surface area contributed by atoms with E-state index >= 15 is 0 Å². The van der Waals surface area contributed by atoms with E-state index in [9.17, 15) is 0 Å². The van der Waals surface area contributed by atoms with Crippen LogP contribution in [0.25, 0.3) is 17.7 Å². The molecule has 0 spiro atoms. The predicted octanol–water partition coefficient (Wildman–Crippen LogP) is 9.37. The molecule has 0 bridgehead atoms. The monoisotopic (exact) mass is 418 g/mol. The normalized spacial score (nSPS) is 16.1. The summed E-state index contributed by atoms with van der Waals surface area (Å²) in [5.74, 6) is 0. The van der Waals surface area contributed by atoms with Crippen LogP contribution in [-0.4, -0.2) is 0 Å². The quantitative estimate of drug-likeness (QED) is 0.396. The fraction of sp³-hybridized carbons (Fsp3) is 0.250. The molecule has 0 nitrogen and oxygen atoms in total. The Morgan fingerprint density at radius 3 is 1.66 bits per heavy atom. The first-order valence-corrected chi connectivity index (χ1v) is 12.1. The third-order valence-electron chi connectivity index (χ3n) is 6.33. The number of benzene rings is 3. The van der Waals surface area contributed by atoms with Crippen molar-refractivity contribution >= 4 is 17.7 Å². The SMILES string of the molecule is C(=C1CCCC1)c1ccccc1.C(=Cc1ccccc1)C1=C(c2ccccc2)CCCC1. The molecule has 0 atom stereocenters. The van der Waals surface area contributed by atoms with Crippen molar-refractivity contribution in [1.29, 1.82) is 0 Å². The van der Waals surface area contributed by atoms with Crippen molar-refractivity contribution in [3.05, 3.63) is 125 Å². The van der Waals surface area contributed by atoms with Gasteiger partial charge in [0.15, 0.2) is 0 Å². The Balaban J connectivity index is 0.000000174. The first-order chi connectivity index (χ1) is 15.9. The van der Waals surface area contributed by atoms with Crippen molar-refractivity contribution in [3.63, 3.8) is 0 Å². The van der Waals surface area contributed by atoms with Crippen LogP contribution in [0.5, 0.6) is 0 Å². The average Bonchev–Trinajstić information content (AvgIpc) is 3.38. The summed E-state index contributed by atoms with van der Waals surface area (Å²) >= 11 is 0. The van der Waals surface area contributed by atoms with E-state index in [4.69, 9.17) is 0 Å². The fourth-order valence-corrected chi connectivity index (χ4v) is 4.60. The van der Waals surface area contributed by atoms with E-state index in [1.54, 1.807) is 5.57 Å². The molecule has 2 aliphatic carbocycles. The molecule has 5 rings (SSSR count). The first-order valence-electron chi connectivity index (χ1n) is 12.1. The van der Waals surface area contributed by atoms with Crippen LogP contribution in [0, 0.1) is 0 Å². The van der Waals surface area contributed by atoms with Gasteiger partial charge in [0, 0.05) is 0 Å². The van der Waals surface area contributed by atoms with Gasteiger partial charge in [0.2, 0.25) is 0 Å². The van der Waals surface area contributed by atoms with Crippen LogP contribution in [0.1, 0.15) is 68.1 Å². The summed E-state index contributed by atoms with van der Waals surface area (Å²) in [6, 6.07) is 32.0. The van der Waals surface area contributed by atoms with Crippen LogP contribution in [0.4, 0.5) is 0 Å². The molecule has 0 radical (unpaired) electrons. The molecule has 0 unspecified atom stereocenters. The largest absolute Gasteiger partial charge is 0.0696 e. The van der Waals surface area contributed by atoms with E-state index in [1.807, 2.05) is 0 Å². The fourth-order valence-electron chi connectivity index (χ4n) is 4.60. The summed E-state index contributed by atoms with van der Waals surface area (Å²) in [6.07, 6.45) is 17.3. The van der Waals surface area contributed by atoms with Gasteiger partial charge in [-0.2, -0.15) is 0 Å². The lowest BCUT2D eigenvalue weighted by atomic mass is 9.87. The Morgan fingerprint density at radius 2 is 1.00 bits per heavy atom. The van der Waals surface area contributed by atoms with Gasteiger partial charge in [-0.05, 0) is 79.2 Å². The van der Waals surface area contributed by atoms with Gasteiger partial charge >= 0.3 is 0 Å². The summed E-state index contributed by atoms with van der Waals surface area (Å²) in [7, 11) is 0. The summed E-state index contributed by atoms with van der Waals surface area (Å²) in [6.45, 7) is 0. The molecule has 162 valence electrons. The first kappa shape index (κ1) is 22.1. The lowest BCUT2D eigenvalue weighted by Gasteiger charge is -2.18. The highest BCUT2D eigenvalue weighted by molar-refractivity contribution is 5.73. The highest BCUT2D eigenvalue weighted by atomic mass is 14.2. The zero-order valence-electron chi connectivity index (χ0n) is 19.0. The van der Waals surface area contributed by atoms with Gasteiger partial charge in [-0.1, -0.05) is 115 Å². The Kier molecular flexibility index (Phi) is 8.32. The molecule has 0 N–H and O–H groups in total. The van der Waals surface area contributed by atoms with Crippen molar-refractivity contribution in [2.75, 3.05) is 0 Å². The van der Waals surface area contributed by atoms with Crippen molar-refractivity contribution < 1.29 is 0 Å². The van der Waals surface area contributed by atoms with E-state index < -0.39 is 0 Å². The van der Waals surface area contributed by atoms with E-state index in [0.29, 0.717) is 0 Å². The molecule has 32 heavy (non-hydrogen) atoms. The Hall–Kier alpha value is -3.12. The van der Waals surface area contributed by atoms with Gasteiger partial charge in [-0.15, -0.1) is 0 Å². The lowest BCUT2D eigenvalue weighted by molar-refractivity contribution is 0.725. The molecule has 2 aliphatic rings. The van der Waals surface area contributed by atoms with Gasteiger partial charge in [-0.3, -0.25) is 0 Å². The number of hydrogen-bond acceptors (Lipinski definition) is 0. The van der Waals surface area contributed by atoms with Crippen LogP contribution >= 0.6 is 0 Å². The van der Waals surface area contributed by atoms with E-state index in [0.717, 1.165) is 0 Å². The van der Waals surface area contributed by atoms with Crippen LogP contribution in [0.3, 0.4) is 0 Å². The second kappa shape index (κ2) is 12.1. The zero-order chi connectivity index (χ0) is 21.8. The molecule has 0 aromatic heterocycles. The Labute approximate surface area is 194 Å². The van der Waals surface area contributed by atoms with Crippen LogP contribution in [0.2, 0.25) is 0 Å². The summed E-state index contributed by atoms with van der Waals surface area (Å²) in [5.41, 5.74) is 8.68. The average molecular weight is 419 g/mol. The highest BCUT2D eigenvalue weighted by Crippen LogP contribution is 2.33. The van der Waals surface area contributed by atoms with Crippen molar-refractivity contribution in [1.82, 2.24) is 0 Å². The van der Waals surface area contributed by atoms with Crippen molar-refractivity contribution in [2.24, 2.45) is 0 Å². The summed E-state index contributed by atoms with van der Waals surface area (Å²) in [4.78, 5) is 0. The third-order valence-corrected chi connectivity index (χ3v) is 6.33. The highest BCUT2D eigenvalue weighted by Gasteiger charge is 2.12. The lowest BCUT2D eigenvalue weighted by Crippen LogP contribution is -1.97. The molecule has 0 amide bonds. The maximum atomic E-state index is 2.34. The third kappa shape index (κ3) is 6.69. The van der Waals surface area contributed by atoms with Crippen molar-refractivity contribution in [3.8, 4) is 0 Å². The van der Waals surface area contributed by atoms with Crippen LogP contribution in [0.15, 0.2) is 108 Å². The molecule has 0 heteroatoms. The Bertz CT molecular complexity index is 1030. The van der Waals surface area contributed by atoms with E-state index in [-0.39, 0.29) is 0 Å². The standard InChI is InChI=1S/C20H20.C12H14/c1-3-9-17(10-4-1)15-16-19-13-7-8-14-20(19)18-11-5-2-6-12-18;1-2-6-11(7-3-1)10-12-8-4-5-9-12/h1-6,9-12,15-16H,7-8,13-14H2;1-3,6-7,10H,4-5,8-9H2. The van der Waals surface area contributed by atoms with Gasteiger partial charge in [0.1, 0.15) is 0 Å². The number of hydrogen-bond donors (Lipinski definition) is 0. The minimum atomic E-state index is 1.20. The van der Waals surface area contributed by atoms with Crippen molar-refractivity contribution in [2.45, 2.75) is 51.4 Å². The molecular weight excluding hydrogens is 384 g/mol. The smallest absolute Gasteiger partial charge is 0.0222 e. The molecule has 3 aromatic rings. The number of allylic oxidation sites excluding steroid dienone is 4. The molecule has 1 fully saturated rings. The second-order valence-corrected chi connectivity index (χ2v) is 8.74. The summed E-state index contributed by atoms with van der Waals surface area (Å²) < 4.78 is 0. The molecule has 0 aliphatic heterocycles. The maximum Gasteiger partial charge on any atom is -0.0222 e. The predicted molar refractivity (Wildman–Crippen MR) is 140 cm³/mol. The minimum Gasteiger partial charge on any atom is -0.0696 e. The van der Waals surface area contributed by atoms with Crippen LogP contribution < -0.4 is 0 Å². The van der Waals surface area contributed by atoms with Gasteiger partial charge < -0.3 is 0 Å². The van der Waals surface area contributed by atoms with Gasteiger partial charge in [-0.25, -0.2) is 0 Å². The topological polar surface area (TPSA) is 0 Å². The van der Waals surface area contributed by atoms with Crippen LogP contribution in [-0.2, 0) is 0 Å². The second-order valence-electron chi connectivity index (χ2n) is 8.74. The van der Waals surface area contributed by atoms with Gasteiger partial charge in [0.25, 0.3) is 0 Å². The molecular formula is C32H34. The number of rotatable bonds is 4. The Morgan fingerprint density at radius 1 is 0.469 bits per heavy atom. The minimum absolute atomic E-state index is 1.20. The summed E-state index contributed by atoms with van der Waals surface area (Å²) in [5, 5.41) is 0. The molecule has 1 saturated carbocycles. The van der Waals surface area contributed by atoms with Gasteiger partial charge in [0.05, 0.1) is 0 Å². The van der Waals surface area contributed by atoms with E-state index in [2.05, 4.69) is 109 Å². The molecule has 0 heterocycles. The molecule has 0 saturated heterocycles. The van der Waals surface area contributed by atoms with E-state index in [1.165, 1.54) is 79.2 Å².